The summed E-state index contributed by atoms with van der Waals surface area (Å²) in [5.74, 6) is -0.575. The Labute approximate surface area is 89.7 Å². The Morgan fingerprint density at radius 1 is 1.00 bits per heavy atom. The molecule has 88 valence electrons. The summed E-state index contributed by atoms with van der Waals surface area (Å²) in [5.41, 5.74) is 0. The van der Waals surface area contributed by atoms with Crippen LogP contribution in [0.1, 0.15) is 34.6 Å². The SMILES string of the molecule is CC(=O)OCC(C)OC(C)=O.CC(C)=O. The van der Waals surface area contributed by atoms with Gasteiger partial charge in [0, 0.05) is 13.8 Å². The van der Waals surface area contributed by atoms with Crippen molar-refractivity contribution < 1.29 is 23.9 Å². The highest BCUT2D eigenvalue weighted by Gasteiger charge is 2.06. The van der Waals surface area contributed by atoms with Crippen molar-refractivity contribution in [1.29, 1.82) is 0 Å². The number of ketones is 1. The Hall–Kier alpha value is -1.39. The number of hydrogen-bond donors (Lipinski definition) is 0. The molecule has 0 aromatic heterocycles. The first-order valence-corrected chi connectivity index (χ1v) is 4.53. The molecule has 0 amide bonds. The van der Waals surface area contributed by atoms with Crippen molar-refractivity contribution in [2.75, 3.05) is 6.61 Å². The van der Waals surface area contributed by atoms with E-state index >= 15 is 0 Å². The van der Waals surface area contributed by atoms with E-state index in [4.69, 9.17) is 0 Å². The van der Waals surface area contributed by atoms with E-state index in [0.717, 1.165) is 0 Å². The summed E-state index contributed by atoms with van der Waals surface area (Å²) < 4.78 is 9.27. The van der Waals surface area contributed by atoms with Crippen molar-refractivity contribution in [2.45, 2.75) is 40.7 Å². The van der Waals surface area contributed by atoms with Crippen LogP contribution < -0.4 is 0 Å². The van der Waals surface area contributed by atoms with Gasteiger partial charge in [-0.2, -0.15) is 0 Å². The van der Waals surface area contributed by atoms with E-state index < -0.39 is 0 Å². The molecule has 0 bridgehead atoms. The molecule has 0 aliphatic rings. The van der Waals surface area contributed by atoms with Crippen LogP contribution in [0.4, 0.5) is 0 Å². The third kappa shape index (κ3) is 24.5. The van der Waals surface area contributed by atoms with Crippen LogP contribution in [0.15, 0.2) is 0 Å². The van der Waals surface area contributed by atoms with Crippen molar-refractivity contribution in [3.63, 3.8) is 0 Å². The average Bonchev–Trinajstić information content (AvgIpc) is 1.98. The van der Waals surface area contributed by atoms with Gasteiger partial charge in [-0.3, -0.25) is 9.59 Å². The van der Waals surface area contributed by atoms with Crippen molar-refractivity contribution >= 4 is 17.7 Å². The predicted octanol–water partition coefficient (Wildman–Crippen LogP) is 1.10. The third-order valence-corrected chi connectivity index (χ3v) is 0.888. The summed E-state index contributed by atoms with van der Waals surface area (Å²) >= 11 is 0. The second kappa shape index (κ2) is 9.18. The maximum absolute atomic E-state index is 10.3. The molecule has 0 aromatic carbocycles. The molecule has 15 heavy (non-hydrogen) atoms. The zero-order valence-corrected chi connectivity index (χ0v) is 9.83. The van der Waals surface area contributed by atoms with Gasteiger partial charge in [-0.1, -0.05) is 0 Å². The molecule has 0 fully saturated rings. The van der Waals surface area contributed by atoms with Gasteiger partial charge >= 0.3 is 11.9 Å². The van der Waals surface area contributed by atoms with Crippen LogP contribution in [0.3, 0.4) is 0 Å². The molecule has 0 radical (unpaired) electrons. The Morgan fingerprint density at radius 2 is 1.40 bits per heavy atom. The molecule has 0 N–H and O–H groups in total. The number of rotatable bonds is 3. The first kappa shape index (κ1) is 16.1. The van der Waals surface area contributed by atoms with Gasteiger partial charge in [-0.05, 0) is 20.8 Å². The Morgan fingerprint density at radius 3 is 1.67 bits per heavy atom. The second-order valence-corrected chi connectivity index (χ2v) is 3.13. The van der Waals surface area contributed by atoms with E-state index in [1.165, 1.54) is 27.7 Å². The topological polar surface area (TPSA) is 69.7 Å². The van der Waals surface area contributed by atoms with Crippen LogP contribution in [0.5, 0.6) is 0 Å². The molecule has 0 aliphatic heterocycles. The zero-order chi connectivity index (χ0) is 12.4. The first-order chi connectivity index (χ1) is 6.75. The lowest BCUT2D eigenvalue weighted by Crippen LogP contribution is -2.19. The van der Waals surface area contributed by atoms with Crippen LogP contribution in [0, 0.1) is 0 Å². The van der Waals surface area contributed by atoms with E-state index in [1.807, 2.05) is 0 Å². The van der Waals surface area contributed by atoms with E-state index in [9.17, 15) is 14.4 Å². The monoisotopic (exact) mass is 218 g/mol. The molecule has 0 heterocycles. The second-order valence-electron chi connectivity index (χ2n) is 3.13. The third-order valence-electron chi connectivity index (χ3n) is 0.888. The lowest BCUT2D eigenvalue weighted by molar-refractivity contribution is -0.155. The molecule has 5 heteroatoms. The standard InChI is InChI=1S/C7H12O4.C3H6O/c1-5(11-7(3)9)4-10-6(2)8;1-3(2)4/h5H,4H2,1-3H3;1-2H3. The number of hydrogen-bond acceptors (Lipinski definition) is 5. The Balaban J connectivity index is 0. The summed E-state index contributed by atoms with van der Waals surface area (Å²) in [6.07, 6.45) is -0.364. The fourth-order valence-corrected chi connectivity index (χ4v) is 0.552. The highest BCUT2D eigenvalue weighted by molar-refractivity contribution is 5.72. The van der Waals surface area contributed by atoms with Crippen molar-refractivity contribution in [1.82, 2.24) is 0 Å². The van der Waals surface area contributed by atoms with Gasteiger partial charge < -0.3 is 14.3 Å². The summed E-state index contributed by atoms with van der Waals surface area (Å²) in [6, 6.07) is 0. The fourth-order valence-electron chi connectivity index (χ4n) is 0.552. The van der Waals surface area contributed by atoms with Crippen molar-refractivity contribution in [2.24, 2.45) is 0 Å². The predicted molar refractivity (Wildman–Crippen MR) is 54.2 cm³/mol. The number of ether oxygens (including phenoxy) is 2. The van der Waals surface area contributed by atoms with Gasteiger partial charge in [0.2, 0.25) is 0 Å². The minimum absolute atomic E-state index is 0.120. The summed E-state index contributed by atoms with van der Waals surface area (Å²) in [5, 5.41) is 0. The summed E-state index contributed by atoms with van der Waals surface area (Å²) in [6.45, 7) is 7.45. The van der Waals surface area contributed by atoms with E-state index in [-0.39, 0.29) is 30.4 Å². The average molecular weight is 218 g/mol. The van der Waals surface area contributed by atoms with Gasteiger partial charge in [0.1, 0.15) is 18.5 Å². The van der Waals surface area contributed by atoms with E-state index in [2.05, 4.69) is 9.47 Å². The minimum Gasteiger partial charge on any atom is -0.462 e. The number of Topliss-reactive ketones (excluding diaryl/α,β-unsaturated/α-hetero) is 1. The normalized spacial score (nSPS) is 10.5. The number of carbonyl (C=O) groups excluding carboxylic acids is 3. The highest BCUT2D eigenvalue weighted by Crippen LogP contribution is 1.92. The molecule has 1 unspecified atom stereocenters. The number of esters is 2. The maximum Gasteiger partial charge on any atom is 0.303 e. The Kier molecular flexibility index (Phi) is 9.82. The van der Waals surface area contributed by atoms with Crippen molar-refractivity contribution in [3.8, 4) is 0 Å². The van der Waals surface area contributed by atoms with Crippen LogP contribution in [0.25, 0.3) is 0 Å². The molecular formula is C10H18O5. The van der Waals surface area contributed by atoms with Gasteiger partial charge in [-0.25, -0.2) is 0 Å². The lowest BCUT2D eigenvalue weighted by Gasteiger charge is -2.10. The maximum atomic E-state index is 10.3. The van der Waals surface area contributed by atoms with Crippen molar-refractivity contribution in [3.05, 3.63) is 0 Å². The number of carbonyl (C=O) groups is 3. The minimum atomic E-state index is -0.371. The molecule has 0 saturated carbocycles. The van der Waals surface area contributed by atoms with E-state index in [0.29, 0.717) is 0 Å². The quantitative estimate of drug-likeness (QED) is 0.663. The van der Waals surface area contributed by atoms with Crippen LogP contribution in [0.2, 0.25) is 0 Å². The lowest BCUT2D eigenvalue weighted by atomic mass is 10.4. The van der Waals surface area contributed by atoms with Crippen LogP contribution in [-0.2, 0) is 23.9 Å². The molecule has 0 spiro atoms. The van der Waals surface area contributed by atoms with Gasteiger partial charge in [0.25, 0.3) is 0 Å². The smallest absolute Gasteiger partial charge is 0.303 e. The van der Waals surface area contributed by atoms with E-state index in [1.54, 1.807) is 6.92 Å². The van der Waals surface area contributed by atoms with Crippen LogP contribution in [-0.4, -0.2) is 30.4 Å². The van der Waals surface area contributed by atoms with Gasteiger partial charge in [-0.15, -0.1) is 0 Å². The molecular weight excluding hydrogens is 200 g/mol. The first-order valence-electron chi connectivity index (χ1n) is 4.53. The molecule has 5 nitrogen and oxygen atoms in total. The molecule has 0 aromatic rings. The molecule has 1 atom stereocenters. The largest absolute Gasteiger partial charge is 0.462 e. The molecule has 0 saturated heterocycles. The summed E-state index contributed by atoms with van der Waals surface area (Å²) in [7, 11) is 0. The molecule has 0 rings (SSSR count). The van der Waals surface area contributed by atoms with Crippen LogP contribution >= 0.6 is 0 Å². The van der Waals surface area contributed by atoms with Gasteiger partial charge in [0.15, 0.2) is 0 Å². The molecule has 0 aliphatic carbocycles. The Bertz CT molecular complexity index is 218. The van der Waals surface area contributed by atoms with Gasteiger partial charge in [0.05, 0.1) is 0 Å². The zero-order valence-electron chi connectivity index (χ0n) is 9.83. The fraction of sp³-hybridized carbons (Fsp3) is 0.700. The summed E-state index contributed by atoms with van der Waals surface area (Å²) in [4.78, 5) is 30.1. The highest BCUT2D eigenvalue weighted by atomic mass is 16.6.